The van der Waals surface area contributed by atoms with E-state index in [0.29, 0.717) is 12.1 Å². The van der Waals surface area contributed by atoms with Gasteiger partial charge < -0.3 is 10.1 Å². The Kier molecular flexibility index (Phi) is 7.06. The molecule has 0 amide bonds. The maximum Gasteiger partial charge on any atom is 0.0754 e. The molecule has 0 aliphatic carbocycles. The molecule has 1 aliphatic rings. The summed E-state index contributed by atoms with van der Waals surface area (Å²) in [6.07, 6.45) is 8.39. The van der Waals surface area contributed by atoms with Gasteiger partial charge in [-0.05, 0) is 25.3 Å². The molecule has 2 nitrogen and oxygen atoms in total. The van der Waals surface area contributed by atoms with Gasteiger partial charge in [-0.1, -0.05) is 46.5 Å². The summed E-state index contributed by atoms with van der Waals surface area (Å²) in [6.45, 7) is 8.81. The number of ether oxygens (including phenoxy) is 1. The SMILES string of the molecule is CCCCCCC(NCC)C1OCCC1C. The summed E-state index contributed by atoms with van der Waals surface area (Å²) < 4.78 is 5.87. The third-order valence-corrected chi connectivity index (χ3v) is 3.68. The highest BCUT2D eigenvalue weighted by atomic mass is 16.5. The molecule has 0 aromatic heterocycles. The van der Waals surface area contributed by atoms with Crippen LogP contribution in [0.25, 0.3) is 0 Å². The summed E-state index contributed by atoms with van der Waals surface area (Å²) in [5.41, 5.74) is 0. The van der Waals surface area contributed by atoms with Gasteiger partial charge in [-0.3, -0.25) is 0 Å². The van der Waals surface area contributed by atoms with Crippen molar-refractivity contribution in [1.82, 2.24) is 5.32 Å². The second-order valence-electron chi connectivity index (χ2n) is 5.11. The van der Waals surface area contributed by atoms with Gasteiger partial charge in [-0.25, -0.2) is 0 Å². The fourth-order valence-corrected chi connectivity index (χ4v) is 2.67. The van der Waals surface area contributed by atoms with Crippen molar-refractivity contribution in [2.24, 2.45) is 5.92 Å². The van der Waals surface area contributed by atoms with Gasteiger partial charge in [0.2, 0.25) is 0 Å². The van der Waals surface area contributed by atoms with Gasteiger partial charge in [0.05, 0.1) is 6.10 Å². The van der Waals surface area contributed by atoms with E-state index in [4.69, 9.17) is 4.74 Å². The van der Waals surface area contributed by atoms with Crippen LogP contribution in [0, 0.1) is 5.92 Å². The average molecular weight is 227 g/mol. The van der Waals surface area contributed by atoms with E-state index in [1.807, 2.05) is 0 Å². The maximum atomic E-state index is 5.87. The largest absolute Gasteiger partial charge is 0.376 e. The zero-order chi connectivity index (χ0) is 11.8. The minimum atomic E-state index is 0.460. The average Bonchev–Trinajstić information content (AvgIpc) is 2.69. The molecule has 0 aromatic carbocycles. The number of hydrogen-bond donors (Lipinski definition) is 1. The molecule has 0 radical (unpaired) electrons. The molecule has 0 aromatic rings. The highest BCUT2D eigenvalue weighted by Crippen LogP contribution is 2.25. The van der Waals surface area contributed by atoms with Crippen LogP contribution in [0.5, 0.6) is 0 Å². The number of hydrogen-bond acceptors (Lipinski definition) is 2. The van der Waals surface area contributed by atoms with E-state index in [2.05, 4.69) is 26.1 Å². The quantitative estimate of drug-likeness (QED) is 0.642. The fraction of sp³-hybridized carbons (Fsp3) is 1.00. The monoisotopic (exact) mass is 227 g/mol. The number of nitrogens with one attached hydrogen (secondary N) is 1. The standard InChI is InChI=1S/C14H29NO/c1-4-6-7-8-9-13(15-5-2)14-12(3)10-11-16-14/h12-15H,4-11H2,1-3H3. The summed E-state index contributed by atoms with van der Waals surface area (Å²) in [6, 6.07) is 0.583. The van der Waals surface area contributed by atoms with E-state index >= 15 is 0 Å². The van der Waals surface area contributed by atoms with Gasteiger partial charge in [0.1, 0.15) is 0 Å². The Morgan fingerprint density at radius 1 is 1.25 bits per heavy atom. The maximum absolute atomic E-state index is 5.87. The first-order valence-electron chi connectivity index (χ1n) is 7.14. The highest BCUT2D eigenvalue weighted by Gasteiger charge is 2.30. The number of likely N-dealkylation sites (N-methyl/N-ethyl adjacent to an activating group) is 1. The molecule has 0 spiro atoms. The first kappa shape index (κ1) is 14.0. The predicted octanol–water partition coefficient (Wildman–Crippen LogP) is 3.36. The van der Waals surface area contributed by atoms with Crippen LogP contribution in [0.2, 0.25) is 0 Å². The van der Waals surface area contributed by atoms with Crippen molar-refractivity contribution >= 4 is 0 Å². The summed E-state index contributed by atoms with van der Waals surface area (Å²) in [5.74, 6) is 0.732. The van der Waals surface area contributed by atoms with Crippen molar-refractivity contribution in [1.29, 1.82) is 0 Å². The Bertz CT molecular complexity index is 172. The van der Waals surface area contributed by atoms with E-state index in [1.165, 1.54) is 38.5 Å². The molecule has 16 heavy (non-hydrogen) atoms. The smallest absolute Gasteiger partial charge is 0.0754 e. The van der Waals surface area contributed by atoms with E-state index in [0.717, 1.165) is 19.1 Å². The van der Waals surface area contributed by atoms with Crippen LogP contribution in [-0.4, -0.2) is 25.3 Å². The molecule has 96 valence electrons. The van der Waals surface area contributed by atoms with Crippen LogP contribution >= 0.6 is 0 Å². The van der Waals surface area contributed by atoms with Crippen LogP contribution in [0.15, 0.2) is 0 Å². The second-order valence-corrected chi connectivity index (χ2v) is 5.11. The van der Waals surface area contributed by atoms with Crippen LogP contribution in [-0.2, 0) is 4.74 Å². The van der Waals surface area contributed by atoms with Gasteiger partial charge in [0, 0.05) is 12.6 Å². The van der Waals surface area contributed by atoms with Crippen LogP contribution in [0.3, 0.4) is 0 Å². The minimum absolute atomic E-state index is 0.460. The van der Waals surface area contributed by atoms with E-state index in [-0.39, 0.29) is 0 Å². The van der Waals surface area contributed by atoms with Crippen molar-refractivity contribution in [2.45, 2.75) is 71.4 Å². The Morgan fingerprint density at radius 3 is 2.62 bits per heavy atom. The summed E-state index contributed by atoms with van der Waals surface area (Å²) >= 11 is 0. The molecule has 3 unspecified atom stereocenters. The van der Waals surface area contributed by atoms with E-state index in [9.17, 15) is 0 Å². The Labute approximate surface area is 101 Å². The molecule has 1 heterocycles. The molecule has 2 heteroatoms. The molecule has 0 bridgehead atoms. The fourth-order valence-electron chi connectivity index (χ4n) is 2.67. The zero-order valence-electron chi connectivity index (χ0n) is 11.3. The van der Waals surface area contributed by atoms with Crippen molar-refractivity contribution < 1.29 is 4.74 Å². The van der Waals surface area contributed by atoms with E-state index in [1.54, 1.807) is 0 Å². The Balaban J connectivity index is 2.28. The molecule has 1 N–H and O–H groups in total. The van der Waals surface area contributed by atoms with Gasteiger partial charge in [-0.2, -0.15) is 0 Å². The zero-order valence-corrected chi connectivity index (χ0v) is 11.3. The normalized spacial score (nSPS) is 27.2. The molecule has 3 atom stereocenters. The van der Waals surface area contributed by atoms with Crippen LogP contribution < -0.4 is 5.32 Å². The first-order valence-corrected chi connectivity index (χ1v) is 7.14. The topological polar surface area (TPSA) is 21.3 Å². The lowest BCUT2D eigenvalue weighted by Crippen LogP contribution is -2.42. The number of rotatable bonds is 8. The molecule has 1 saturated heterocycles. The lowest BCUT2D eigenvalue weighted by molar-refractivity contribution is 0.0579. The lowest BCUT2D eigenvalue weighted by atomic mass is 9.93. The summed E-state index contributed by atoms with van der Waals surface area (Å²) in [4.78, 5) is 0. The molecule has 1 fully saturated rings. The van der Waals surface area contributed by atoms with Gasteiger partial charge in [0.25, 0.3) is 0 Å². The second kappa shape index (κ2) is 8.08. The Morgan fingerprint density at radius 2 is 2.06 bits per heavy atom. The van der Waals surface area contributed by atoms with Crippen LogP contribution in [0.1, 0.15) is 59.3 Å². The molecular formula is C14H29NO. The van der Waals surface area contributed by atoms with Crippen molar-refractivity contribution in [3.8, 4) is 0 Å². The van der Waals surface area contributed by atoms with Crippen molar-refractivity contribution in [2.75, 3.05) is 13.2 Å². The molecule has 1 rings (SSSR count). The molecular weight excluding hydrogens is 198 g/mol. The third-order valence-electron chi connectivity index (χ3n) is 3.68. The minimum Gasteiger partial charge on any atom is -0.376 e. The third kappa shape index (κ3) is 4.42. The number of unbranched alkanes of at least 4 members (excludes halogenated alkanes) is 3. The molecule has 1 aliphatic heterocycles. The summed E-state index contributed by atoms with van der Waals surface area (Å²) in [7, 11) is 0. The van der Waals surface area contributed by atoms with Gasteiger partial charge in [-0.15, -0.1) is 0 Å². The van der Waals surface area contributed by atoms with Crippen LogP contribution in [0.4, 0.5) is 0 Å². The van der Waals surface area contributed by atoms with Crippen molar-refractivity contribution in [3.63, 3.8) is 0 Å². The molecule has 0 saturated carbocycles. The van der Waals surface area contributed by atoms with Gasteiger partial charge >= 0.3 is 0 Å². The predicted molar refractivity (Wildman–Crippen MR) is 69.7 cm³/mol. The highest BCUT2D eigenvalue weighted by molar-refractivity contribution is 4.84. The first-order chi connectivity index (χ1) is 7.79. The van der Waals surface area contributed by atoms with Gasteiger partial charge in [0.15, 0.2) is 0 Å². The lowest BCUT2D eigenvalue weighted by Gasteiger charge is -2.26. The van der Waals surface area contributed by atoms with Crippen molar-refractivity contribution in [3.05, 3.63) is 0 Å². The Hall–Kier alpha value is -0.0800. The van der Waals surface area contributed by atoms with E-state index < -0.39 is 0 Å². The summed E-state index contributed by atoms with van der Waals surface area (Å²) in [5, 5.41) is 3.61.